The van der Waals surface area contributed by atoms with Crippen LogP contribution in [0.15, 0.2) is 36.5 Å². The van der Waals surface area contributed by atoms with E-state index in [2.05, 4.69) is 57.2 Å². The molecule has 1 unspecified atom stereocenters. The van der Waals surface area contributed by atoms with Crippen molar-refractivity contribution in [2.45, 2.75) is 271 Å². The van der Waals surface area contributed by atoms with Crippen LogP contribution in [0.25, 0.3) is 0 Å². The Morgan fingerprint density at radius 2 is 0.610 bits per heavy atom. The van der Waals surface area contributed by atoms with Gasteiger partial charge >= 0.3 is 17.9 Å². The second kappa shape index (κ2) is 48.3. The van der Waals surface area contributed by atoms with E-state index in [0.29, 0.717) is 19.3 Å². The van der Waals surface area contributed by atoms with Gasteiger partial charge in [0.25, 0.3) is 0 Å². The predicted octanol–water partition coefficient (Wildman–Crippen LogP) is 16.5. The summed E-state index contributed by atoms with van der Waals surface area (Å²) in [6, 6.07) is 0. The van der Waals surface area contributed by atoms with Crippen molar-refractivity contribution < 1.29 is 28.6 Å². The molecule has 6 heteroatoms. The highest BCUT2D eigenvalue weighted by Gasteiger charge is 2.19. The molecule has 1 atom stereocenters. The standard InChI is InChI=1S/C53H96O6/c1-4-7-10-13-16-19-22-24-26-28-31-34-37-40-43-46-52(55)58-49-50(48-57-51(54)45-42-39-36-33-30-21-18-15-12-9-6-3)59-53(56)47-44-41-38-35-32-29-27-25-23-20-17-14-11-8-5-2/h16,19-20,22-24,50H,4-15,17-18,21,25-49H2,1-3H3/b19-16-,23-20-,24-22-. The van der Waals surface area contributed by atoms with Gasteiger partial charge in [-0.15, -0.1) is 0 Å². The van der Waals surface area contributed by atoms with Gasteiger partial charge in [0.2, 0.25) is 0 Å². The number of esters is 3. The van der Waals surface area contributed by atoms with E-state index in [1.807, 2.05) is 0 Å². The fourth-order valence-electron chi connectivity index (χ4n) is 7.25. The van der Waals surface area contributed by atoms with Gasteiger partial charge in [-0.1, -0.05) is 211 Å². The molecule has 0 saturated heterocycles. The molecule has 0 radical (unpaired) electrons. The molecule has 0 aromatic rings. The van der Waals surface area contributed by atoms with Crippen LogP contribution in [-0.2, 0) is 28.6 Å². The molecule has 0 heterocycles. The Labute approximate surface area is 365 Å². The molecule has 0 amide bonds. The van der Waals surface area contributed by atoms with E-state index >= 15 is 0 Å². The lowest BCUT2D eigenvalue weighted by atomic mass is 10.1. The molecule has 0 aromatic heterocycles. The summed E-state index contributed by atoms with van der Waals surface area (Å²) in [4.78, 5) is 37.9. The molecular formula is C53H96O6. The van der Waals surface area contributed by atoms with Crippen molar-refractivity contribution >= 4 is 17.9 Å². The van der Waals surface area contributed by atoms with Crippen molar-refractivity contribution in [3.63, 3.8) is 0 Å². The van der Waals surface area contributed by atoms with E-state index in [0.717, 1.165) is 64.2 Å². The molecule has 59 heavy (non-hydrogen) atoms. The summed E-state index contributed by atoms with van der Waals surface area (Å²) in [7, 11) is 0. The number of allylic oxidation sites excluding steroid dienone is 6. The maximum atomic E-state index is 12.8. The van der Waals surface area contributed by atoms with Crippen molar-refractivity contribution in [1.82, 2.24) is 0 Å². The minimum Gasteiger partial charge on any atom is -0.462 e. The summed E-state index contributed by atoms with van der Waals surface area (Å²) in [5.41, 5.74) is 0. The Kier molecular flexibility index (Phi) is 46.4. The SMILES string of the molecule is CCCCC/C=C\C=C/CCCCCCCCC(=O)OCC(COC(=O)CCCCCCCCCCCCC)OC(=O)CCCCCCCCC/C=C\CCCCCC. The van der Waals surface area contributed by atoms with Crippen LogP contribution in [0.1, 0.15) is 265 Å². The van der Waals surface area contributed by atoms with Gasteiger partial charge in [-0.05, 0) is 70.6 Å². The fraction of sp³-hybridized carbons (Fsp3) is 0.830. The minimum atomic E-state index is -0.774. The zero-order chi connectivity index (χ0) is 43.0. The number of ether oxygens (including phenoxy) is 3. The molecule has 0 aliphatic carbocycles. The number of carbonyl (C=O) groups excluding carboxylic acids is 3. The first kappa shape index (κ1) is 56.6. The Bertz CT molecular complexity index is 1000. The third-order valence-corrected chi connectivity index (χ3v) is 11.1. The lowest BCUT2D eigenvalue weighted by molar-refractivity contribution is -0.167. The normalized spacial score (nSPS) is 12.3. The predicted molar refractivity (Wildman–Crippen MR) is 252 cm³/mol. The lowest BCUT2D eigenvalue weighted by Gasteiger charge is -2.18. The number of unbranched alkanes of at least 4 members (excludes halogenated alkanes) is 30. The van der Waals surface area contributed by atoms with Gasteiger partial charge in [0.05, 0.1) is 0 Å². The van der Waals surface area contributed by atoms with Crippen LogP contribution in [0.4, 0.5) is 0 Å². The van der Waals surface area contributed by atoms with E-state index in [9.17, 15) is 14.4 Å². The van der Waals surface area contributed by atoms with Crippen molar-refractivity contribution in [1.29, 1.82) is 0 Å². The molecule has 0 aliphatic heterocycles. The molecule has 0 aliphatic rings. The van der Waals surface area contributed by atoms with Crippen LogP contribution in [-0.4, -0.2) is 37.2 Å². The first-order valence-electron chi connectivity index (χ1n) is 25.5. The van der Waals surface area contributed by atoms with Crippen LogP contribution in [0.3, 0.4) is 0 Å². The van der Waals surface area contributed by atoms with Crippen LogP contribution < -0.4 is 0 Å². The molecule has 0 rings (SSSR count). The smallest absolute Gasteiger partial charge is 0.306 e. The summed E-state index contributed by atoms with van der Waals surface area (Å²) >= 11 is 0. The maximum absolute atomic E-state index is 12.8. The van der Waals surface area contributed by atoms with Gasteiger partial charge in [0.1, 0.15) is 13.2 Å². The Hall–Kier alpha value is -2.37. The Morgan fingerprint density at radius 1 is 0.339 bits per heavy atom. The highest BCUT2D eigenvalue weighted by atomic mass is 16.6. The van der Waals surface area contributed by atoms with Crippen molar-refractivity contribution in [3.8, 4) is 0 Å². The van der Waals surface area contributed by atoms with Gasteiger partial charge in [-0.2, -0.15) is 0 Å². The van der Waals surface area contributed by atoms with Gasteiger partial charge in [-0.25, -0.2) is 0 Å². The molecule has 0 bridgehead atoms. The highest BCUT2D eigenvalue weighted by Crippen LogP contribution is 2.15. The Balaban J connectivity index is 4.37. The third-order valence-electron chi connectivity index (χ3n) is 11.1. The van der Waals surface area contributed by atoms with E-state index < -0.39 is 6.10 Å². The van der Waals surface area contributed by atoms with Gasteiger partial charge in [0.15, 0.2) is 6.10 Å². The molecule has 0 aromatic carbocycles. The highest BCUT2D eigenvalue weighted by molar-refractivity contribution is 5.71. The van der Waals surface area contributed by atoms with Crippen LogP contribution >= 0.6 is 0 Å². The second-order valence-electron chi connectivity index (χ2n) is 17.1. The van der Waals surface area contributed by atoms with Crippen molar-refractivity contribution in [3.05, 3.63) is 36.5 Å². The maximum Gasteiger partial charge on any atom is 0.306 e. The molecular weight excluding hydrogens is 733 g/mol. The first-order chi connectivity index (χ1) is 29.0. The number of carbonyl (C=O) groups is 3. The fourth-order valence-corrected chi connectivity index (χ4v) is 7.25. The van der Waals surface area contributed by atoms with E-state index in [-0.39, 0.29) is 31.1 Å². The first-order valence-corrected chi connectivity index (χ1v) is 25.5. The second-order valence-corrected chi connectivity index (χ2v) is 17.1. The van der Waals surface area contributed by atoms with Gasteiger partial charge in [0, 0.05) is 19.3 Å². The average molecular weight is 829 g/mol. The van der Waals surface area contributed by atoms with E-state index in [1.54, 1.807) is 0 Å². The van der Waals surface area contributed by atoms with Gasteiger partial charge < -0.3 is 14.2 Å². The summed E-state index contributed by atoms with van der Waals surface area (Å²) in [6.07, 6.45) is 55.5. The third kappa shape index (κ3) is 46.5. The quantitative estimate of drug-likeness (QED) is 0.0200. The summed E-state index contributed by atoms with van der Waals surface area (Å²) < 4.78 is 16.8. The minimum absolute atomic E-state index is 0.0750. The average Bonchev–Trinajstić information content (AvgIpc) is 3.23. The van der Waals surface area contributed by atoms with Crippen LogP contribution in [0.5, 0.6) is 0 Å². The molecule has 0 N–H and O–H groups in total. The monoisotopic (exact) mass is 829 g/mol. The van der Waals surface area contributed by atoms with Crippen molar-refractivity contribution in [2.24, 2.45) is 0 Å². The van der Waals surface area contributed by atoms with E-state index in [1.165, 1.54) is 161 Å². The van der Waals surface area contributed by atoms with Crippen molar-refractivity contribution in [2.75, 3.05) is 13.2 Å². The number of hydrogen-bond donors (Lipinski definition) is 0. The molecule has 0 spiro atoms. The van der Waals surface area contributed by atoms with Gasteiger partial charge in [-0.3, -0.25) is 14.4 Å². The molecule has 0 fully saturated rings. The largest absolute Gasteiger partial charge is 0.462 e. The van der Waals surface area contributed by atoms with Crippen LogP contribution in [0, 0.1) is 0 Å². The van der Waals surface area contributed by atoms with Crippen LogP contribution in [0.2, 0.25) is 0 Å². The lowest BCUT2D eigenvalue weighted by Crippen LogP contribution is -2.30. The summed E-state index contributed by atoms with van der Waals surface area (Å²) in [5, 5.41) is 0. The zero-order valence-electron chi connectivity index (χ0n) is 39.3. The molecule has 6 nitrogen and oxygen atoms in total. The summed E-state index contributed by atoms with van der Waals surface area (Å²) in [5.74, 6) is -0.884. The zero-order valence-corrected chi connectivity index (χ0v) is 39.3. The topological polar surface area (TPSA) is 78.9 Å². The molecule has 344 valence electrons. The van der Waals surface area contributed by atoms with E-state index in [4.69, 9.17) is 14.2 Å². The molecule has 0 saturated carbocycles. The summed E-state index contributed by atoms with van der Waals surface area (Å²) in [6.45, 7) is 6.59. The number of hydrogen-bond acceptors (Lipinski definition) is 6. The number of rotatable bonds is 46. The Morgan fingerprint density at radius 3 is 1.00 bits per heavy atom.